The van der Waals surface area contributed by atoms with Gasteiger partial charge in [0.25, 0.3) is 0 Å². The lowest BCUT2D eigenvalue weighted by molar-refractivity contribution is 0.229. The Balaban J connectivity index is 2.48. The van der Waals surface area contributed by atoms with E-state index in [4.69, 9.17) is 0 Å². The topological polar surface area (TPSA) is 3.24 Å². The van der Waals surface area contributed by atoms with Crippen LogP contribution >= 0.6 is 0 Å². The summed E-state index contributed by atoms with van der Waals surface area (Å²) in [6.45, 7) is 9.16. The Morgan fingerprint density at radius 1 is 1.29 bits per heavy atom. The van der Waals surface area contributed by atoms with Crippen molar-refractivity contribution in [3.8, 4) is 0 Å². The van der Waals surface area contributed by atoms with Crippen molar-refractivity contribution in [2.24, 2.45) is 0 Å². The van der Waals surface area contributed by atoms with Gasteiger partial charge in [-0.05, 0) is 39.3 Å². The molecule has 0 amide bonds. The number of hydrogen-bond acceptors (Lipinski definition) is 1. The normalized spacial score (nSPS) is 21.4. The fourth-order valence-corrected chi connectivity index (χ4v) is 2.00. The van der Waals surface area contributed by atoms with Crippen molar-refractivity contribution < 1.29 is 0 Å². The van der Waals surface area contributed by atoms with Gasteiger partial charge in [-0.1, -0.05) is 37.6 Å². The largest absolute Gasteiger partial charge is 0.297 e. The minimum atomic E-state index is 0.651. The van der Waals surface area contributed by atoms with E-state index in [9.17, 15) is 0 Å². The fourth-order valence-electron chi connectivity index (χ4n) is 2.00. The summed E-state index contributed by atoms with van der Waals surface area (Å²) in [4.78, 5) is 2.60. The van der Waals surface area contributed by atoms with Crippen LogP contribution in [0.2, 0.25) is 0 Å². The van der Waals surface area contributed by atoms with E-state index >= 15 is 0 Å². The monoisotopic (exact) mass is 193 g/mol. The summed E-state index contributed by atoms with van der Waals surface area (Å²) in [6, 6.07) is 0.651. The summed E-state index contributed by atoms with van der Waals surface area (Å²) in [7, 11) is 0. The summed E-state index contributed by atoms with van der Waals surface area (Å²) < 4.78 is 0. The molecule has 1 atom stereocenters. The van der Waals surface area contributed by atoms with Crippen LogP contribution < -0.4 is 0 Å². The highest BCUT2D eigenvalue weighted by atomic mass is 15.1. The maximum atomic E-state index is 2.60. The van der Waals surface area contributed by atoms with Crippen LogP contribution in [-0.4, -0.2) is 24.0 Å². The number of rotatable bonds is 5. The van der Waals surface area contributed by atoms with E-state index in [2.05, 4.69) is 43.9 Å². The first kappa shape index (κ1) is 11.5. The van der Waals surface area contributed by atoms with Gasteiger partial charge < -0.3 is 0 Å². The lowest BCUT2D eigenvalue weighted by atomic mass is 10.0. The van der Waals surface area contributed by atoms with Crippen LogP contribution in [0.4, 0.5) is 0 Å². The maximum absolute atomic E-state index is 2.60. The molecule has 1 aliphatic rings. The van der Waals surface area contributed by atoms with Crippen LogP contribution in [0.5, 0.6) is 0 Å². The van der Waals surface area contributed by atoms with Crippen molar-refractivity contribution in [2.75, 3.05) is 13.1 Å². The van der Waals surface area contributed by atoms with Crippen LogP contribution in [0.3, 0.4) is 0 Å². The van der Waals surface area contributed by atoms with E-state index in [1.165, 1.54) is 37.9 Å². The van der Waals surface area contributed by atoms with Gasteiger partial charge in [0.05, 0.1) is 0 Å². The van der Waals surface area contributed by atoms with Crippen molar-refractivity contribution in [3.05, 3.63) is 23.8 Å². The van der Waals surface area contributed by atoms with Gasteiger partial charge in [-0.3, -0.25) is 4.90 Å². The molecule has 1 heteroatoms. The molecule has 0 spiro atoms. The van der Waals surface area contributed by atoms with E-state index in [0.29, 0.717) is 6.04 Å². The summed E-state index contributed by atoms with van der Waals surface area (Å²) in [5, 5.41) is 0. The molecule has 0 saturated carbocycles. The van der Waals surface area contributed by atoms with Crippen LogP contribution in [0.1, 0.15) is 40.0 Å². The average molecular weight is 193 g/mol. The molecule has 1 rings (SSSR count). The number of nitrogens with zero attached hydrogens (tertiary/aromatic N) is 1. The smallest absolute Gasteiger partial charge is 0.0316 e. The second kappa shape index (κ2) is 6.02. The van der Waals surface area contributed by atoms with Gasteiger partial charge in [-0.2, -0.15) is 0 Å². The molecule has 0 N–H and O–H groups in total. The highest BCUT2D eigenvalue weighted by Gasteiger charge is 2.14. The van der Waals surface area contributed by atoms with Gasteiger partial charge in [0.1, 0.15) is 0 Å². The van der Waals surface area contributed by atoms with Crippen molar-refractivity contribution in [1.82, 2.24) is 4.90 Å². The highest BCUT2D eigenvalue weighted by Crippen LogP contribution is 2.16. The van der Waals surface area contributed by atoms with Crippen molar-refractivity contribution in [2.45, 2.75) is 46.1 Å². The van der Waals surface area contributed by atoms with Gasteiger partial charge in [0.15, 0.2) is 0 Å². The molecule has 0 fully saturated rings. The molecule has 1 unspecified atom stereocenters. The predicted molar refractivity (Wildman–Crippen MR) is 63.5 cm³/mol. The number of hydrogen-bond donors (Lipinski definition) is 0. The minimum absolute atomic E-state index is 0.651. The molecule has 1 nitrogen and oxygen atoms in total. The van der Waals surface area contributed by atoms with E-state index in [1.807, 2.05) is 0 Å². The lowest BCUT2D eigenvalue weighted by Crippen LogP contribution is -2.35. The Kier molecular flexibility index (Phi) is 4.95. The van der Waals surface area contributed by atoms with Crippen LogP contribution in [-0.2, 0) is 0 Å². The Bertz CT molecular complexity index is 209. The van der Waals surface area contributed by atoms with E-state index in [1.54, 1.807) is 0 Å². The maximum Gasteiger partial charge on any atom is 0.0316 e. The molecular formula is C13H23N. The molecule has 1 aliphatic carbocycles. The molecule has 0 aliphatic heterocycles. The molecule has 0 saturated heterocycles. The first-order chi connectivity index (χ1) is 6.77. The summed E-state index contributed by atoms with van der Waals surface area (Å²) in [5.41, 5.74) is 1.41. The molecule has 80 valence electrons. The Hall–Kier alpha value is -0.560. The van der Waals surface area contributed by atoms with Gasteiger partial charge in [0.2, 0.25) is 0 Å². The van der Waals surface area contributed by atoms with Crippen molar-refractivity contribution in [1.29, 1.82) is 0 Å². The minimum Gasteiger partial charge on any atom is -0.297 e. The van der Waals surface area contributed by atoms with Gasteiger partial charge in [-0.25, -0.2) is 0 Å². The summed E-state index contributed by atoms with van der Waals surface area (Å²) in [6.07, 6.45) is 10.7. The van der Waals surface area contributed by atoms with Gasteiger partial charge in [0, 0.05) is 6.04 Å². The second-order valence-electron chi connectivity index (χ2n) is 4.15. The summed E-state index contributed by atoms with van der Waals surface area (Å²) in [5.74, 6) is 0. The molecule has 0 radical (unpaired) electrons. The Morgan fingerprint density at radius 3 is 2.36 bits per heavy atom. The van der Waals surface area contributed by atoms with E-state index in [-0.39, 0.29) is 0 Å². The zero-order chi connectivity index (χ0) is 10.4. The zero-order valence-corrected chi connectivity index (χ0v) is 9.79. The Morgan fingerprint density at radius 2 is 1.93 bits per heavy atom. The molecule has 14 heavy (non-hydrogen) atoms. The van der Waals surface area contributed by atoms with E-state index in [0.717, 1.165) is 0 Å². The van der Waals surface area contributed by atoms with E-state index < -0.39 is 0 Å². The fraction of sp³-hybridized carbons (Fsp3) is 0.692. The molecule has 0 aromatic heterocycles. The number of allylic oxidation sites excluding steroid dienone is 2. The molecule has 0 aromatic carbocycles. The van der Waals surface area contributed by atoms with Crippen LogP contribution in [0.25, 0.3) is 0 Å². The van der Waals surface area contributed by atoms with Crippen molar-refractivity contribution in [3.63, 3.8) is 0 Å². The molecular weight excluding hydrogens is 170 g/mol. The Labute approximate surface area is 88.5 Å². The summed E-state index contributed by atoms with van der Waals surface area (Å²) >= 11 is 0. The predicted octanol–water partition coefficient (Wildman–Crippen LogP) is 3.38. The third kappa shape index (κ3) is 3.30. The van der Waals surface area contributed by atoms with Crippen LogP contribution in [0.15, 0.2) is 23.8 Å². The first-order valence-electron chi connectivity index (χ1n) is 5.87. The molecule has 0 aromatic rings. The third-order valence-corrected chi connectivity index (χ3v) is 2.75. The second-order valence-corrected chi connectivity index (χ2v) is 4.15. The highest BCUT2D eigenvalue weighted by molar-refractivity contribution is 5.23. The third-order valence-electron chi connectivity index (χ3n) is 2.75. The molecule has 0 heterocycles. The standard InChI is InChI=1S/C13H23N/c1-4-10-14(11-5-2)13-8-6-12(3)7-9-13/h6-8,13H,4-5,9-11H2,1-3H3. The SMILES string of the molecule is CCCN(CCC)C1C=CC(C)=CC1. The van der Waals surface area contributed by atoms with Crippen LogP contribution in [0, 0.1) is 0 Å². The van der Waals surface area contributed by atoms with Crippen molar-refractivity contribution >= 4 is 0 Å². The first-order valence-corrected chi connectivity index (χ1v) is 5.87. The van der Waals surface area contributed by atoms with Gasteiger partial charge in [-0.15, -0.1) is 0 Å². The molecule has 0 bridgehead atoms. The zero-order valence-electron chi connectivity index (χ0n) is 9.79. The average Bonchev–Trinajstić information content (AvgIpc) is 2.19. The lowest BCUT2D eigenvalue weighted by Gasteiger charge is -2.30. The quantitative estimate of drug-likeness (QED) is 0.647. The van der Waals surface area contributed by atoms with Gasteiger partial charge >= 0.3 is 0 Å².